The van der Waals surface area contributed by atoms with E-state index in [-0.39, 0.29) is 5.91 Å². The maximum atomic E-state index is 12.7. The van der Waals surface area contributed by atoms with Gasteiger partial charge in [-0.1, -0.05) is 56.4 Å². The summed E-state index contributed by atoms with van der Waals surface area (Å²) in [5, 5.41) is 3.06. The zero-order chi connectivity index (χ0) is 15.4. The Bertz CT molecular complexity index is 479. The average molecular weight is 292 g/mol. The Morgan fingerprint density at radius 2 is 1.70 bits per heavy atom. The molecule has 4 heteroatoms. The summed E-state index contributed by atoms with van der Waals surface area (Å²) in [6, 6.07) is 9.73. The molecule has 20 heavy (non-hydrogen) atoms. The highest BCUT2D eigenvalue weighted by Gasteiger charge is 2.37. The van der Waals surface area contributed by atoms with Crippen molar-refractivity contribution < 1.29 is 4.79 Å². The Labute approximate surface area is 126 Å². The van der Waals surface area contributed by atoms with Crippen LogP contribution in [0.5, 0.6) is 0 Å². The van der Waals surface area contributed by atoms with E-state index in [9.17, 15) is 4.79 Å². The molecule has 3 nitrogen and oxygen atoms in total. The highest BCUT2D eigenvalue weighted by molar-refractivity contribution is 7.80. The lowest BCUT2D eigenvalue weighted by Gasteiger charge is -2.35. The number of hydrogen-bond acceptors (Lipinski definition) is 2. The van der Waals surface area contributed by atoms with Crippen molar-refractivity contribution in [3.63, 3.8) is 0 Å². The number of carbonyl (C=O) groups is 1. The highest BCUT2D eigenvalue weighted by atomic mass is 32.1. The summed E-state index contributed by atoms with van der Waals surface area (Å²) in [5.41, 5.74) is 5.59. The van der Waals surface area contributed by atoms with Crippen molar-refractivity contribution in [2.75, 3.05) is 0 Å². The molecule has 0 saturated heterocycles. The van der Waals surface area contributed by atoms with E-state index in [4.69, 9.17) is 18.0 Å². The van der Waals surface area contributed by atoms with Gasteiger partial charge in [-0.25, -0.2) is 0 Å². The number of thiocarbonyl (C=S) groups is 1. The molecule has 0 fully saturated rings. The molecule has 0 spiro atoms. The normalized spacial score (nSPS) is 12.0. The summed E-state index contributed by atoms with van der Waals surface area (Å²) in [6.07, 6.45) is 1.38. The minimum Gasteiger partial charge on any atom is -0.391 e. The fourth-order valence-corrected chi connectivity index (χ4v) is 2.54. The van der Waals surface area contributed by atoms with Crippen LogP contribution in [0.3, 0.4) is 0 Å². The van der Waals surface area contributed by atoms with E-state index in [0.717, 1.165) is 5.56 Å². The van der Waals surface area contributed by atoms with Gasteiger partial charge >= 0.3 is 0 Å². The molecule has 1 aromatic carbocycles. The Balaban J connectivity index is 3.03. The largest absolute Gasteiger partial charge is 0.391 e. The molecule has 0 atom stereocenters. The SMILES string of the molecule is CCC(CC)(NC(=O)C(C)(C)c1ccccc1)C(N)=S. The lowest BCUT2D eigenvalue weighted by Crippen LogP contribution is -2.59. The van der Waals surface area contributed by atoms with Crippen LogP contribution < -0.4 is 11.1 Å². The lowest BCUT2D eigenvalue weighted by molar-refractivity contribution is -0.127. The predicted molar refractivity (Wildman–Crippen MR) is 87.7 cm³/mol. The Morgan fingerprint density at radius 3 is 2.10 bits per heavy atom. The van der Waals surface area contributed by atoms with Crippen LogP contribution in [0.25, 0.3) is 0 Å². The molecular weight excluding hydrogens is 268 g/mol. The van der Waals surface area contributed by atoms with Gasteiger partial charge in [-0.15, -0.1) is 0 Å². The first-order chi connectivity index (χ1) is 9.30. The van der Waals surface area contributed by atoms with E-state index < -0.39 is 11.0 Å². The second kappa shape index (κ2) is 6.35. The minimum atomic E-state index is -0.623. The number of amides is 1. The van der Waals surface area contributed by atoms with Gasteiger partial charge in [0.2, 0.25) is 5.91 Å². The molecule has 0 aromatic heterocycles. The fourth-order valence-electron chi connectivity index (χ4n) is 2.20. The molecule has 0 aliphatic carbocycles. The summed E-state index contributed by atoms with van der Waals surface area (Å²) in [5.74, 6) is -0.0554. The van der Waals surface area contributed by atoms with Gasteiger partial charge in [-0.2, -0.15) is 0 Å². The molecule has 3 N–H and O–H groups in total. The van der Waals surface area contributed by atoms with Crippen LogP contribution in [-0.4, -0.2) is 16.4 Å². The van der Waals surface area contributed by atoms with Crippen LogP contribution in [0.1, 0.15) is 46.1 Å². The average Bonchev–Trinajstić information content (AvgIpc) is 2.45. The molecule has 0 aliphatic rings. The summed E-state index contributed by atoms with van der Waals surface area (Å²) < 4.78 is 0. The zero-order valence-electron chi connectivity index (χ0n) is 12.7. The number of nitrogens with one attached hydrogen (secondary N) is 1. The standard InChI is InChI=1S/C16H24N2OS/c1-5-16(6-2,13(17)20)18-14(19)15(3,4)12-10-8-7-9-11-12/h7-11H,5-6H2,1-4H3,(H2,17,20)(H,18,19). The van der Waals surface area contributed by atoms with Gasteiger partial charge < -0.3 is 11.1 Å². The molecule has 1 aromatic rings. The quantitative estimate of drug-likeness (QED) is 0.793. The van der Waals surface area contributed by atoms with Crippen molar-refractivity contribution in [1.82, 2.24) is 5.32 Å². The number of nitrogens with two attached hydrogens (primary N) is 1. The molecule has 0 saturated carbocycles. The van der Waals surface area contributed by atoms with E-state index >= 15 is 0 Å². The van der Waals surface area contributed by atoms with Gasteiger partial charge in [0.1, 0.15) is 0 Å². The van der Waals surface area contributed by atoms with Crippen LogP contribution in [0.2, 0.25) is 0 Å². The fraction of sp³-hybridized carbons (Fsp3) is 0.500. The zero-order valence-corrected chi connectivity index (χ0v) is 13.5. The van der Waals surface area contributed by atoms with Crippen LogP contribution in [0.4, 0.5) is 0 Å². The summed E-state index contributed by atoms with van der Waals surface area (Å²) in [4.78, 5) is 13.0. The first-order valence-electron chi connectivity index (χ1n) is 6.98. The topological polar surface area (TPSA) is 55.1 Å². The molecule has 110 valence electrons. The molecule has 1 rings (SSSR count). The van der Waals surface area contributed by atoms with E-state index in [2.05, 4.69) is 5.32 Å². The van der Waals surface area contributed by atoms with E-state index in [1.54, 1.807) is 0 Å². The highest BCUT2D eigenvalue weighted by Crippen LogP contribution is 2.25. The second-order valence-corrected chi connectivity index (χ2v) is 6.04. The molecule has 1 amide bonds. The predicted octanol–water partition coefficient (Wildman–Crippen LogP) is 2.93. The first-order valence-corrected chi connectivity index (χ1v) is 7.39. The summed E-state index contributed by atoms with van der Waals surface area (Å²) >= 11 is 5.15. The van der Waals surface area contributed by atoms with Crippen molar-refractivity contribution in [2.45, 2.75) is 51.5 Å². The monoisotopic (exact) mass is 292 g/mol. The van der Waals surface area contributed by atoms with Crippen LogP contribution in [0.15, 0.2) is 30.3 Å². The molecular formula is C16H24N2OS. The Morgan fingerprint density at radius 1 is 1.20 bits per heavy atom. The Hall–Kier alpha value is -1.42. The maximum absolute atomic E-state index is 12.7. The van der Waals surface area contributed by atoms with Gasteiger partial charge in [0, 0.05) is 0 Å². The van der Waals surface area contributed by atoms with Crippen molar-refractivity contribution in [3.8, 4) is 0 Å². The molecule has 0 radical (unpaired) electrons. The van der Waals surface area contributed by atoms with E-state index in [0.29, 0.717) is 17.8 Å². The van der Waals surface area contributed by atoms with Gasteiger partial charge in [0.25, 0.3) is 0 Å². The van der Waals surface area contributed by atoms with Crippen LogP contribution in [-0.2, 0) is 10.2 Å². The van der Waals surface area contributed by atoms with Gasteiger partial charge in [0.15, 0.2) is 0 Å². The van der Waals surface area contributed by atoms with Crippen molar-refractivity contribution in [3.05, 3.63) is 35.9 Å². The number of rotatable bonds is 6. The third-order valence-corrected chi connectivity index (χ3v) is 4.49. The summed E-state index contributed by atoms with van der Waals surface area (Å²) in [6.45, 7) is 7.79. The third-order valence-electron chi connectivity index (χ3n) is 4.09. The van der Waals surface area contributed by atoms with Gasteiger partial charge in [-0.3, -0.25) is 4.79 Å². The smallest absolute Gasteiger partial charge is 0.230 e. The number of hydrogen-bond donors (Lipinski definition) is 2. The number of benzene rings is 1. The van der Waals surface area contributed by atoms with Crippen LogP contribution in [0, 0.1) is 0 Å². The lowest BCUT2D eigenvalue weighted by atomic mass is 9.82. The van der Waals surface area contributed by atoms with Crippen molar-refractivity contribution in [2.24, 2.45) is 5.73 Å². The Kier molecular flexibility index (Phi) is 5.28. The molecule has 0 unspecified atom stereocenters. The molecule has 0 heterocycles. The van der Waals surface area contributed by atoms with Crippen molar-refractivity contribution in [1.29, 1.82) is 0 Å². The number of carbonyl (C=O) groups excluding carboxylic acids is 1. The van der Waals surface area contributed by atoms with E-state index in [1.807, 2.05) is 58.0 Å². The molecule has 0 bridgehead atoms. The maximum Gasteiger partial charge on any atom is 0.230 e. The van der Waals surface area contributed by atoms with Gasteiger partial charge in [0.05, 0.1) is 15.9 Å². The van der Waals surface area contributed by atoms with Crippen molar-refractivity contribution >= 4 is 23.1 Å². The first kappa shape index (κ1) is 16.6. The van der Waals surface area contributed by atoms with Gasteiger partial charge in [-0.05, 0) is 32.3 Å². The minimum absolute atomic E-state index is 0.0554. The second-order valence-electron chi connectivity index (χ2n) is 5.60. The van der Waals surface area contributed by atoms with E-state index in [1.165, 1.54) is 0 Å². The molecule has 0 aliphatic heterocycles. The third kappa shape index (κ3) is 3.18. The summed E-state index contributed by atoms with van der Waals surface area (Å²) in [7, 11) is 0. The van der Waals surface area contributed by atoms with Crippen LogP contribution >= 0.6 is 12.2 Å².